The van der Waals surface area contributed by atoms with E-state index in [1.54, 1.807) is 24.3 Å². The second-order valence-electron chi connectivity index (χ2n) is 6.41. The van der Waals surface area contributed by atoms with Crippen LogP contribution >= 0.6 is 0 Å². The molecule has 0 atom stereocenters. The highest BCUT2D eigenvalue weighted by molar-refractivity contribution is 5.94. The third kappa shape index (κ3) is 7.73. The molecular formula is C21H24N2O4. The standard InChI is InChI=1S/C21H24N2O4/c1-15-8-10-16(11-9-15)4-2-7-19(24)22-17-5-3-6-18(14-17)23-20(25)12-13-21(26)27/h3,5-6,8-11,14H,2,4,7,12-13H2,1H3,(H,22,24)(H,23,25)(H,26,27). The van der Waals surface area contributed by atoms with Gasteiger partial charge in [-0.15, -0.1) is 0 Å². The average Bonchev–Trinajstić information content (AvgIpc) is 2.62. The van der Waals surface area contributed by atoms with Crippen LogP contribution in [0.5, 0.6) is 0 Å². The van der Waals surface area contributed by atoms with Crippen molar-refractivity contribution in [2.75, 3.05) is 10.6 Å². The fraction of sp³-hybridized carbons (Fsp3) is 0.286. The van der Waals surface area contributed by atoms with E-state index in [1.165, 1.54) is 11.1 Å². The molecule has 0 saturated carbocycles. The van der Waals surface area contributed by atoms with E-state index in [9.17, 15) is 14.4 Å². The Bertz CT molecular complexity index is 800. The molecule has 0 heterocycles. The lowest BCUT2D eigenvalue weighted by molar-refractivity contribution is -0.138. The number of aliphatic carboxylic acids is 1. The molecule has 27 heavy (non-hydrogen) atoms. The molecule has 6 heteroatoms. The zero-order valence-electron chi connectivity index (χ0n) is 15.3. The predicted molar refractivity (Wildman–Crippen MR) is 105 cm³/mol. The lowest BCUT2D eigenvalue weighted by Crippen LogP contribution is -2.14. The number of anilines is 2. The van der Waals surface area contributed by atoms with E-state index < -0.39 is 5.97 Å². The first-order valence-corrected chi connectivity index (χ1v) is 8.89. The molecule has 0 aromatic heterocycles. The zero-order chi connectivity index (χ0) is 19.6. The van der Waals surface area contributed by atoms with Gasteiger partial charge in [-0.2, -0.15) is 0 Å². The van der Waals surface area contributed by atoms with Crippen molar-refractivity contribution in [3.63, 3.8) is 0 Å². The molecule has 0 spiro atoms. The summed E-state index contributed by atoms with van der Waals surface area (Å²) in [6.45, 7) is 2.04. The summed E-state index contributed by atoms with van der Waals surface area (Å²) < 4.78 is 0. The van der Waals surface area contributed by atoms with Crippen molar-refractivity contribution in [3.05, 3.63) is 59.7 Å². The van der Waals surface area contributed by atoms with E-state index in [2.05, 4.69) is 34.9 Å². The Morgan fingerprint density at radius 1 is 0.852 bits per heavy atom. The van der Waals surface area contributed by atoms with Crippen molar-refractivity contribution in [3.8, 4) is 0 Å². The van der Waals surface area contributed by atoms with Crippen LogP contribution < -0.4 is 10.6 Å². The molecule has 0 fully saturated rings. The molecule has 142 valence electrons. The topological polar surface area (TPSA) is 95.5 Å². The van der Waals surface area contributed by atoms with Gasteiger partial charge >= 0.3 is 5.97 Å². The highest BCUT2D eigenvalue weighted by Crippen LogP contribution is 2.16. The summed E-state index contributed by atoms with van der Waals surface area (Å²) in [6.07, 6.45) is 1.69. The van der Waals surface area contributed by atoms with Crippen LogP contribution in [0.25, 0.3) is 0 Å². The molecule has 0 unspecified atom stereocenters. The van der Waals surface area contributed by atoms with Crippen LogP contribution in [0.4, 0.5) is 11.4 Å². The van der Waals surface area contributed by atoms with E-state index >= 15 is 0 Å². The van der Waals surface area contributed by atoms with Crippen LogP contribution in [-0.2, 0) is 20.8 Å². The number of rotatable bonds is 9. The van der Waals surface area contributed by atoms with E-state index in [0.717, 1.165) is 12.8 Å². The molecule has 2 rings (SSSR count). The summed E-state index contributed by atoms with van der Waals surface area (Å²) >= 11 is 0. The molecule has 2 aromatic carbocycles. The molecule has 0 radical (unpaired) electrons. The lowest BCUT2D eigenvalue weighted by atomic mass is 10.1. The van der Waals surface area contributed by atoms with E-state index in [-0.39, 0.29) is 24.7 Å². The second-order valence-corrected chi connectivity index (χ2v) is 6.41. The maximum Gasteiger partial charge on any atom is 0.303 e. The number of benzene rings is 2. The predicted octanol–water partition coefficient (Wildman–Crippen LogP) is 3.76. The minimum atomic E-state index is -1.02. The fourth-order valence-corrected chi connectivity index (χ4v) is 2.55. The Hall–Kier alpha value is -3.15. The van der Waals surface area contributed by atoms with Gasteiger partial charge in [0.25, 0.3) is 0 Å². The third-order valence-corrected chi connectivity index (χ3v) is 3.99. The lowest BCUT2D eigenvalue weighted by Gasteiger charge is -2.09. The van der Waals surface area contributed by atoms with E-state index in [0.29, 0.717) is 17.8 Å². The largest absolute Gasteiger partial charge is 0.481 e. The summed E-state index contributed by atoms with van der Waals surface area (Å²) in [4.78, 5) is 34.3. The molecule has 0 bridgehead atoms. The molecule has 3 N–H and O–H groups in total. The Kier molecular flexibility index (Phi) is 7.55. The van der Waals surface area contributed by atoms with Gasteiger partial charge < -0.3 is 15.7 Å². The Morgan fingerprint density at radius 2 is 1.44 bits per heavy atom. The second kappa shape index (κ2) is 10.1. The normalized spacial score (nSPS) is 10.3. The summed E-state index contributed by atoms with van der Waals surface area (Å²) in [6, 6.07) is 15.1. The first kappa shape index (κ1) is 20.2. The molecule has 0 aliphatic carbocycles. The van der Waals surface area contributed by atoms with Gasteiger partial charge in [0.05, 0.1) is 6.42 Å². The van der Waals surface area contributed by atoms with Crippen LogP contribution in [0.1, 0.15) is 36.8 Å². The molecule has 0 saturated heterocycles. The quantitative estimate of drug-likeness (QED) is 0.628. The van der Waals surface area contributed by atoms with Crippen LogP contribution in [0.2, 0.25) is 0 Å². The van der Waals surface area contributed by atoms with Gasteiger partial charge in [0.15, 0.2) is 0 Å². The molecule has 0 aliphatic heterocycles. The van der Waals surface area contributed by atoms with Crippen molar-refractivity contribution in [2.45, 2.75) is 39.0 Å². The highest BCUT2D eigenvalue weighted by atomic mass is 16.4. The number of aryl methyl sites for hydroxylation is 2. The van der Waals surface area contributed by atoms with Gasteiger partial charge in [-0.25, -0.2) is 0 Å². The number of carboxylic acids is 1. The number of carboxylic acid groups (broad SMARTS) is 1. The van der Waals surface area contributed by atoms with Gasteiger partial charge in [0.1, 0.15) is 0 Å². The monoisotopic (exact) mass is 368 g/mol. The molecular weight excluding hydrogens is 344 g/mol. The highest BCUT2D eigenvalue weighted by Gasteiger charge is 2.07. The Labute approximate surface area is 158 Å². The van der Waals surface area contributed by atoms with Crippen molar-refractivity contribution < 1.29 is 19.5 Å². The van der Waals surface area contributed by atoms with Gasteiger partial charge in [0, 0.05) is 24.2 Å². The Balaban J connectivity index is 1.78. The summed E-state index contributed by atoms with van der Waals surface area (Å²) in [7, 11) is 0. The Morgan fingerprint density at radius 3 is 2.04 bits per heavy atom. The molecule has 2 aromatic rings. The minimum Gasteiger partial charge on any atom is -0.481 e. The van der Waals surface area contributed by atoms with Crippen LogP contribution in [0.3, 0.4) is 0 Å². The SMILES string of the molecule is Cc1ccc(CCCC(=O)Nc2cccc(NC(=O)CCC(=O)O)c2)cc1. The minimum absolute atomic E-state index is 0.0866. The number of carbonyl (C=O) groups excluding carboxylic acids is 2. The number of hydrogen-bond acceptors (Lipinski definition) is 3. The summed E-state index contributed by atoms with van der Waals surface area (Å²) in [5.41, 5.74) is 3.53. The number of nitrogens with one attached hydrogen (secondary N) is 2. The smallest absolute Gasteiger partial charge is 0.303 e. The van der Waals surface area contributed by atoms with Gasteiger partial charge in [0.2, 0.25) is 11.8 Å². The fourth-order valence-electron chi connectivity index (χ4n) is 2.55. The van der Waals surface area contributed by atoms with Crippen molar-refractivity contribution in [1.29, 1.82) is 0 Å². The molecule has 6 nitrogen and oxygen atoms in total. The number of carbonyl (C=O) groups is 3. The zero-order valence-corrected chi connectivity index (χ0v) is 15.3. The third-order valence-electron chi connectivity index (χ3n) is 3.99. The first-order valence-electron chi connectivity index (χ1n) is 8.89. The van der Waals surface area contributed by atoms with E-state index in [4.69, 9.17) is 5.11 Å². The van der Waals surface area contributed by atoms with Gasteiger partial charge in [-0.1, -0.05) is 35.9 Å². The first-order chi connectivity index (χ1) is 12.9. The molecule has 2 amide bonds. The van der Waals surface area contributed by atoms with Crippen LogP contribution in [-0.4, -0.2) is 22.9 Å². The van der Waals surface area contributed by atoms with Crippen molar-refractivity contribution in [1.82, 2.24) is 0 Å². The van der Waals surface area contributed by atoms with Gasteiger partial charge in [-0.05, 0) is 43.5 Å². The van der Waals surface area contributed by atoms with E-state index in [1.807, 2.05) is 6.92 Å². The maximum absolute atomic E-state index is 12.1. The van der Waals surface area contributed by atoms with Crippen molar-refractivity contribution >= 4 is 29.2 Å². The van der Waals surface area contributed by atoms with Crippen LogP contribution in [0, 0.1) is 6.92 Å². The number of hydrogen-bond donors (Lipinski definition) is 3. The van der Waals surface area contributed by atoms with Crippen LogP contribution in [0.15, 0.2) is 48.5 Å². The maximum atomic E-state index is 12.1. The summed E-state index contributed by atoms with van der Waals surface area (Å²) in [5.74, 6) is -1.48. The molecule has 0 aliphatic rings. The average molecular weight is 368 g/mol. The van der Waals surface area contributed by atoms with Gasteiger partial charge in [-0.3, -0.25) is 14.4 Å². The number of amides is 2. The summed E-state index contributed by atoms with van der Waals surface area (Å²) in [5, 5.41) is 14.0. The van der Waals surface area contributed by atoms with Crippen molar-refractivity contribution in [2.24, 2.45) is 0 Å².